The van der Waals surface area contributed by atoms with Crippen molar-refractivity contribution in [3.63, 3.8) is 0 Å². The molecule has 0 aromatic carbocycles. The summed E-state index contributed by atoms with van der Waals surface area (Å²) in [5, 5.41) is 15.0. The van der Waals surface area contributed by atoms with Crippen molar-refractivity contribution in [2.75, 3.05) is 18.6 Å². The summed E-state index contributed by atoms with van der Waals surface area (Å²) in [4.78, 5) is 23.1. The maximum absolute atomic E-state index is 11.6. The van der Waals surface area contributed by atoms with Crippen LogP contribution in [0.5, 0.6) is 0 Å². The van der Waals surface area contributed by atoms with Gasteiger partial charge >= 0.3 is 11.8 Å². The number of thioether (sulfide) groups is 1. The van der Waals surface area contributed by atoms with Gasteiger partial charge in [-0.1, -0.05) is 12.8 Å². The Kier molecular flexibility index (Phi) is 5.95. The molecule has 1 fully saturated rings. The highest BCUT2D eigenvalue weighted by molar-refractivity contribution is 7.98. The molecule has 0 aromatic rings. The van der Waals surface area contributed by atoms with Crippen molar-refractivity contribution in [1.29, 1.82) is 0 Å². The molecule has 5 nitrogen and oxygen atoms in total. The number of nitrogens with one attached hydrogen (secondary N) is 2. The first-order chi connectivity index (χ1) is 8.44. The molecule has 0 bridgehead atoms. The Balaban J connectivity index is 2.29. The normalized spacial score (nSPS) is 19.3. The van der Waals surface area contributed by atoms with Crippen molar-refractivity contribution in [2.24, 2.45) is 0 Å². The van der Waals surface area contributed by atoms with Crippen LogP contribution in [0.4, 0.5) is 0 Å². The van der Waals surface area contributed by atoms with Crippen LogP contribution in [0.25, 0.3) is 0 Å². The van der Waals surface area contributed by atoms with E-state index in [1.807, 2.05) is 6.26 Å². The quantitative estimate of drug-likeness (QED) is 0.629. The molecule has 1 atom stereocenters. The first-order valence-electron chi connectivity index (χ1n) is 6.24. The molecule has 0 radical (unpaired) electrons. The van der Waals surface area contributed by atoms with E-state index >= 15 is 0 Å². The van der Waals surface area contributed by atoms with E-state index in [2.05, 4.69) is 10.6 Å². The van der Waals surface area contributed by atoms with E-state index in [1.165, 1.54) is 11.8 Å². The zero-order valence-electron chi connectivity index (χ0n) is 11.0. The van der Waals surface area contributed by atoms with Gasteiger partial charge in [0.1, 0.15) is 0 Å². The van der Waals surface area contributed by atoms with Gasteiger partial charge in [0.15, 0.2) is 0 Å². The van der Waals surface area contributed by atoms with Gasteiger partial charge in [0.25, 0.3) is 0 Å². The van der Waals surface area contributed by atoms with Gasteiger partial charge in [0, 0.05) is 18.3 Å². The van der Waals surface area contributed by atoms with Gasteiger partial charge in [0.05, 0.1) is 5.60 Å². The molecule has 2 amide bonds. The van der Waals surface area contributed by atoms with E-state index < -0.39 is 17.4 Å². The summed E-state index contributed by atoms with van der Waals surface area (Å²) in [7, 11) is 0. The van der Waals surface area contributed by atoms with E-state index in [1.54, 1.807) is 6.92 Å². The van der Waals surface area contributed by atoms with E-state index in [0.29, 0.717) is 5.75 Å². The van der Waals surface area contributed by atoms with Gasteiger partial charge in [-0.2, -0.15) is 11.8 Å². The van der Waals surface area contributed by atoms with Crippen molar-refractivity contribution < 1.29 is 14.7 Å². The highest BCUT2D eigenvalue weighted by Gasteiger charge is 2.24. The summed E-state index contributed by atoms with van der Waals surface area (Å²) in [5.74, 6) is -0.748. The number of hydrogen-bond acceptors (Lipinski definition) is 4. The molecule has 3 N–H and O–H groups in total. The number of amides is 2. The Bertz CT molecular complexity index is 302. The average Bonchev–Trinajstić information content (AvgIpc) is 2.78. The summed E-state index contributed by atoms with van der Waals surface area (Å²) in [6, 6.07) is 0.134. The van der Waals surface area contributed by atoms with Crippen LogP contribution < -0.4 is 10.6 Å². The Morgan fingerprint density at radius 3 is 2.50 bits per heavy atom. The van der Waals surface area contributed by atoms with Gasteiger partial charge in [-0.25, -0.2) is 0 Å². The van der Waals surface area contributed by atoms with Crippen molar-refractivity contribution >= 4 is 23.6 Å². The predicted molar refractivity (Wildman–Crippen MR) is 72.4 cm³/mol. The van der Waals surface area contributed by atoms with Gasteiger partial charge in [-0.3, -0.25) is 9.59 Å². The fraction of sp³-hybridized carbons (Fsp3) is 0.833. The van der Waals surface area contributed by atoms with Gasteiger partial charge in [0.2, 0.25) is 0 Å². The van der Waals surface area contributed by atoms with Crippen LogP contribution in [0.1, 0.15) is 32.6 Å². The van der Waals surface area contributed by atoms with E-state index in [0.717, 1.165) is 25.7 Å². The molecule has 1 aliphatic rings. The third kappa shape index (κ3) is 5.27. The Labute approximate surface area is 112 Å². The summed E-state index contributed by atoms with van der Waals surface area (Å²) in [5.41, 5.74) is -0.983. The number of hydrogen-bond donors (Lipinski definition) is 3. The van der Waals surface area contributed by atoms with Gasteiger partial charge < -0.3 is 15.7 Å². The van der Waals surface area contributed by atoms with Crippen molar-refractivity contribution in [1.82, 2.24) is 10.6 Å². The summed E-state index contributed by atoms with van der Waals surface area (Å²) < 4.78 is 0. The third-order valence-corrected chi connectivity index (χ3v) is 3.89. The molecule has 0 heterocycles. The maximum atomic E-state index is 11.6. The lowest BCUT2D eigenvalue weighted by molar-refractivity contribution is -0.140. The molecule has 1 aliphatic carbocycles. The minimum atomic E-state index is -0.983. The van der Waals surface area contributed by atoms with Crippen LogP contribution in [-0.2, 0) is 9.59 Å². The smallest absolute Gasteiger partial charge is 0.309 e. The molecule has 104 valence electrons. The first kappa shape index (κ1) is 15.3. The van der Waals surface area contributed by atoms with Crippen molar-refractivity contribution in [3.05, 3.63) is 0 Å². The first-order valence-corrected chi connectivity index (χ1v) is 7.64. The van der Waals surface area contributed by atoms with E-state index in [4.69, 9.17) is 0 Å². The Morgan fingerprint density at radius 1 is 1.33 bits per heavy atom. The lowest BCUT2D eigenvalue weighted by Crippen LogP contribution is -2.49. The predicted octanol–water partition coefficient (Wildman–Crippen LogP) is 0.275. The average molecular weight is 274 g/mol. The second-order valence-corrected chi connectivity index (χ2v) is 5.93. The lowest BCUT2D eigenvalue weighted by Gasteiger charge is -2.22. The Morgan fingerprint density at radius 2 is 1.94 bits per heavy atom. The van der Waals surface area contributed by atoms with E-state index in [-0.39, 0.29) is 12.6 Å². The molecule has 1 unspecified atom stereocenters. The highest BCUT2D eigenvalue weighted by atomic mass is 32.2. The molecular weight excluding hydrogens is 252 g/mol. The Hall–Kier alpha value is -0.750. The highest BCUT2D eigenvalue weighted by Crippen LogP contribution is 2.17. The molecule has 1 saturated carbocycles. The summed E-state index contributed by atoms with van der Waals surface area (Å²) in [6.45, 7) is 1.73. The number of aliphatic hydroxyl groups is 1. The van der Waals surface area contributed by atoms with Crippen molar-refractivity contribution in [2.45, 2.75) is 44.2 Å². The molecule has 6 heteroatoms. The summed E-state index contributed by atoms with van der Waals surface area (Å²) >= 11 is 1.49. The molecular formula is C12H22N2O3S. The number of rotatable bonds is 5. The van der Waals surface area contributed by atoms with E-state index in [9.17, 15) is 14.7 Å². The van der Waals surface area contributed by atoms with Crippen LogP contribution in [0.2, 0.25) is 0 Å². The molecule has 18 heavy (non-hydrogen) atoms. The monoisotopic (exact) mass is 274 g/mol. The van der Waals surface area contributed by atoms with Crippen LogP contribution in [0.3, 0.4) is 0 Å². The molecule has 0 spiro atoms. The second kappa shape index (κ2) is 6.99. The number of carbonyl (C=O) groups excluding carboxylic acids is 2. The van der Waals surface area contributed by atoms with Crippen LogP contribution in [0.15, 0.2) is 0 Å². The van der Waals surface area contributed by atoms with Gasteiger partial charge in [-0.05, 0) is 26.0 Å². The third-order valence-electron chi connectivity index (χ3n) is 2.98. The minimum Gasteiger partial charge on any atom is -0.387 e. The number of carbonyl (C=O) groups is 2. The standard InChI is InChI=1S/C12H22N2O3S/c1-12(17,8-18-2)7-13-10(15)11(16)14-9-5-3-4-6-9/h9,17H,3-8H2,1-2H3,(H,13,15)(H,14,16). The SMILES string of the molecule is CSCC(C)(O)CNC(=O)C(=O)NC1CCCC1. The molecule has 0 aromatic heterocycles. The molecule has 0 saturated heterocycles. The topological polar surface area (TPSA) is 78.4 Å². The zero-order valence-corrected chi connectivity index (χ0v) is 11.8. The maximum Gasteiger partial charge on any atom is 0.309 e. The summed E-state index contributed by atoms with van der Waals surface area (Å²) in [6.07, 6.45) is 5.99. The van der Waals surface area contributed by atoms with Gasteiger partial charge in [-0.15, -0.1) is 0 Å². The molecule has 0 aliphatic heterocycles. The molecule has 1 rings (SSSR count). The lowest BCUT2D eigenvalue weighted by atomic mass is 10.1. The largest absolute Gasteiger partial charge is 0.387 e. The fourth-order valence-electron chi connectivity index (χ4n) is 2.03. The van der Waals surface area contributed by atoms with Crippen LogP contribution in [-0.4, -0.2) is 47.1 Å². The fourth-order valence-corrected chi connectivity index (χ4v) is 2.76. The second-order valence-electron chi connectivity index (χ2n) is 5.07. The zero-order chi connectivity index (χ0) is 13.6. The minimum absolute atomic E-state index is 0.0881. The van der Waals surface area contributed by atoms with Crippen molar-refractivity contribution in [3.8, 4) is 0 Å². The van der Waals surface area contributed by atoms with Crippen LogP contribution >= 0.6 is 11.8 Å². The van der Waals surface area contributed by atoms with Crippen LogP contribution in [0, 0.1) is 0 Å².